The molecular weight excluding hydrogens is 442 g/mol. The van der Waals surface area contributed by atoms with Crippen LogP contribution in [0.4, 0.5) is 0 Å². The number of ether oxygens (including phenoxy) is 3. The van der Waals surface area contributed by atoms with Crippen LogP contribution in [0.3, 0.4) is 0 Å². The van der Waals surface area contributed by atoms with E-state index in [4.69, 9.17) is 38.0 Å². The van der Waals surface area contributed by atoms with Crippen molar-refractivity contribution in [3.05, 3.63) is 63.5 Å². The molecule has 0 atom stereocenters. The van der Waals surface area contributed by atoms with E-state index in [0.29, 0.717) is 46.4 Å². The van der Waals surface area contributed by atoms with Crippen molar-refractivity contribution in [3.63, 3.8) is 0 Å². The van der Waals surface area contributed by atoms with Gasteiger partial charge in [-0.3, -0.25) is 9.69 Å². The largest absolute Gasteiger partial charge is 0.491 e. The third-order valence-electron chi connectivity index (χ3n) is 4.25. The Morgan fingerprint density at radius 1 is 1.07 bits per heavy atom. The highest BCUT2D eigenvalue weighted by Crippen LogP contribution is 2.34. The molecule has 5 nitrogen and oxygen atoms in total. The lowest BCUT2D eigenvalue weighted by atomic mass is 10.2. The van der Waals surface area contributed by atoms with E-state index in [-0.39, 0.29) is 5.91 Å². The summed E-state index contributed by atoms with van der Waals surface area (Å²) in [7, 11) is 1.66. The van der Waals surface area contributed by atoms with Gasteiger partial charge in [-0.05, 0) is 43.3 Å². The van der Waals surface area contributed by atoms with Crippen LogP contribution < -0.4 is 9.47 Å². The molecule has 8 heteroatoms. The molecule has 3 rings (SSSR count). The average Bonchev–Trinajstić information content (AvgIpc) is 2.96. The fourth-order valence-electron chi connectivity index (χ4n) is 2.62. The molecule has 30 heavy (non-hydrogen) atoms. The van der Waals surface area contributed by atoms with Crippen LogP contribution >= 0.6 is 35.6 Å². The summed E-state index contributed by atoms with van der Waals surface area (Å²) < 4.78 is 17.6. The lowest BCUT2D eigenvalue weighted by Gasteiger charge is -2.11. The fraction of sp³-hybridized carbons (Fsp3) is 0.273. The number of halogens is 1. The number of hydrogen-bond acceptors (Lipinski definition) is 6. The molecule has 1 fully saturated rings. The quantitative estimate of drug-likeness (QED) is 0.298. The molecule has 158 valence electrons. The van der Waals surface area contributed by atoms with Gasteiger partial charge in [-0.25, -0.2) is 0 Å². The molecule has 2 aromatic rings. The molecule has 1 amide bonds. The first-order valence-corrected chi connectivity index (χ1v) is 11.0. The van der Waals surface area contributed by atoms with E-state index < -0.39 is 0 Å². The van der Waals surface area contributed by atoms with Crippen LogP contribution in [0.15, 0.2) is 47.4 Å². The van der Waals surface area contributed by atoms with E-state index in [2.05, 4.69) is 0 Å². The molecule has 0 radical (unpaired) electrons. The van der Waals surface area contributed by atoms with Gasteiger partial charge in [0.2, 0.25) is 0 Å². The number of carbonyl (C=O) groups is 1. The second-order valence-corrected chi connectivity index (χ2v) is 8.66. The smallest absolute Gasteiger partial charge is 0.265 e. The van der Waals surface area contributed by atoms with Gasteiger partial charge >= 0.3 is 0 Å². The molecule has 0 N–H and O–H groups in total. The Balaban J connectivity index is 1.47. The maximum atomic E-state index is 12.2. The fourth-order valence-corrected chi connectivity index (χ4v) is 3.97. The zero-order valence-corrected chi connectivity index (χ0v) is 19.1. The lowest BCUT2D eigenvalue weighted by Crippen LogP contribution is -2.22. The van der Waals surface area contributed by atoms with E-state index in [1.807, 2.05) is 31.2 Å². The first-order valence-electron chi connectivity index (χ1n) is 9.35. The van der Waals surface area contributed by atoms with Gasteiger partial charge in [0.25, 0.3) is 5.91 Å². The summed E-state index contributed by atoms with van der Waals surface area (Å²) >= 11 is 12.6. The van der Waals surface area contributed by atoms with Crippen LogP contribution in [0.2, 0.25) is 5.02 Å². The van der Waals surface area contributed by atoms with Crippen molar-refractivity contribution in [1.29, 1.82) is 0 Å². The normalized spacial score (nSPS) is 15.2. The first-order chi connectivity index (χ1) is 14.4. The number of thioether (sulfide) groups is 1. The van der Waals surface area contributed by atoms with Crippen molar-refractivity contribution >= 4 is 51.9 Å². The maximum Gasteiger partial charge on any atom is 0.265 e. The molecule has 0 aromatic heterocycles. The molecule has 0 spiro atoms. The van der Waals surface area contributed by atoms with Crippen molar-refractivity contribution in [2.75, 3.05) is 33.5 Å². The first kappa shape index (κ1) is 22.6. The van der Waals surface area contributed by atoms with E-state index in [1.165, 1.54) is 22.2 Å². The minimum absolute atomic E-state index is 0.132. The van der Waals surface area contributed by atoms with Gasteiger partial charge in [0.15, 0.2) is 0 Å². The molecule has 1 aliphatic heterocycles. The summed E-state index contributed by atoms with van der Waals surface area (Å²) in [6.07, 6.45) is 1.75. The summed E-state index contributed by atoms with van der Waals surface area (Å²) in [5.74, 6) is 1.32. The Bertz CT molecular complexity index is 947. The molecule has 0 unspecified atom stereocenters. The van der Waals surface area contributed by atoms with Crippen LogP contribution in [0.25, 0.3) is 6.08 Å². The minimum atomic E-state index is -0.132. The number of thiocarbonyl (C=S) groups is 1. The highest BCUT2D eigenvalue weighted by Gasteiger charge is 2.29. The van der Waals surface area contributed by atoms with Gasteiger partial charge < -0.3 is 14.2 Å². The summed E-state index contributed by atoms with van der Waals surface area (Å²) in [5, 5.41) is 0.560. The second-order valence-electron chi connectivity index (χ2n) is 6.55. The summed E-state index contributed by atoms with van der Waals surface area (Å²) in [4.78, 5) is 14.2. The standard InChI is InChI=1S/C22H22ClNO4S2/c1-15-3-6-18(7-4-15)27-11-9-26-10-12-28-19-8-5-17(23)13-16(19)14-20-21(25)24(2)22(29)30-20/h3-8,13-14H,9-12H2,1-2H3/b20-14-. The van der Waals surface area contributed by atoms with E-state index >= 15 is 0 Å². The molecule has 0 bridgehead atoms. The van der Waals surface area contributed by atoms with Crippen molar-refractivity contribution in [2.24, 2.45) is 0 Å². The SMILES string of the molecule is Cc1ccc(OCCOCCOc2ccc(Cl)cc2/C=C2\SC(=S)N(C)C2=O)cc1. The van der Waals surface area contributed by atoms with Gasteiger partial charge in [-0.1, -0.05) is 53.3 Å². The number of benzene rings is 2. The zero-order chi connectivity index (χ0) is 21.5. The molecule has 1 aliphatic rings. The van der Waals surface area contributed by atoms with Crippen molar-refractivity contribution < 1.29 is 19.0 Å². The Kier molecular flexibility index (Phi) is 8.16. The monoisotopic (exact) mass is 463 g/mol. The molecular formula is C22H22ClNO4S2. The van der Waals surface area contributed by atoms with Crippen LogP contribution in [0, 0.1) is 6.92 Å². The molecule has 2 aromatic carbocycles. The number of hydrogen-bond donors (Lipinski definition) is 0. The van der Waals surface area contributed by atoms with Crippen LogP contribution in [-0.4, -0.2) is 48.6 Å². The van der Waals surface area contributed by atoms with E-state index in [0.717, 1.165) is 11.3 Å². The number of carbonyl (C=O) groups excluding carboxylic acids is 1. The Hall–Kier alpha value is -2.06. The summed E-state index contributed by atoms with van der Waals surface area (Å²) in [6.45, 7) is 3.74. The molecule has 0 aliphatic carbocycles. The Morgan fingerprint density at radius 3 is 2.43 bits per heavy atom. The van der Waals surface area contributed by atoms with Gasteiger partial charge in [-0.2, -0.15) is 0 Å². The van der Waals surface area contributed by atoms with Crippen molar-refractivity contribution in [3.8, 4) is 11.5 Å². The molecule has 1 heterocycles. The predicted octanol–water partition coefficient (Wildman–Crippen LogP) is 4.95. The third kappa shape index (κ3) is 6.22. The lowest BCUT2D eigenvalue weighted by molar-refractivity contribution is -0.121. The van der Waals surface area contributed by atoms with E-state index in [1.54, 1.807) is 31.3 Å². The summed E-state index contributed by atoms with van der Waals surface area (Å²) in [5.41, 5.74) is 1.91. The van der Waals surface area contributed by atoms with Gasteiger partial charge in [-0.15, -0.1) is 0 Å². The number of amides is 1. The van der Waals surface area contributed by atoms with Gasteiger partial charge in [0.05, 0.1) is 18.1 Å². The van der Waals surface area contributed by atoms with Crippen LogP contribution in [0.5, 0.6) is 11.5 Å². The van der Waals surface area contributed by atoms with Crippen LogP contribution in [0.1, 0.15) is 11.1 Å². The second kappa shape index (κ2) is 10.8. The van der Waals surface area contributed by atoms with Crippen LogP contribution in [-0.2, 0) is 9.53 Å². The topological polar surface area (TPSA) is 48.0 Å². The third-order valence-corrected chi connectivity index (χ3v) is 5.97. The highest BCUT2D eigenvalue weighted by atomic mass is 35.5. The average molecular weight is 464 g/mol. The minimum Gasteiger partial charge on any atom is -0.491 e. The number of nitrogens with zero attached hydrogens (tertiary/aromatic N) is 1. The summed E-state index contributed by atoms with van der Waals surface area (Å²) in [6, 6.07) is 13.2. The number of aryl methyl sites for hydroxylation is 1. The highest BCUT2D eigenvalue weighted by molar-refractivity contribution is 8.26. The molecule has 0 saturated carbocycles. The van der Waals surface area contributed by atoms with E-state index in [9.17, 15) is 4.79 Å². The molecule has 1 saturated heterocycles. The Morgan fingerprint density at radius 2 is 1.77 bits per heavy atom. The number of rotatable bonds is 9. The van der Waals surface area contributed by atoms with Gasteiger partial charge in [0, 0.05) is 17.6 Å². The van der Waals surface area contributed by atoms with Crippen molar-refractivity contribution in [1.82, 2.24) is 4.90 Å². The maximum absolute atomic E-state index is 12.2. The Labute approximate surface area is 190 Å². The van der Waals surface area contributed by atoms with Gasteiger partial charge in [0.1, 0.15) is 29.0 Å². The number of likely N-dealkylation sites (N-methyl/N-ethyl adjacent to an activating group) is 1. The predicted molar refractivity (Wildman–Crippen MR) is 125 cm³/mol. The zero-order valence-electron chi connectivity index (χ0n) is 16.7. The van der Waals surface area contributed by atoms with Crippen molar-refractivity contribution in [2.45, 2.75) is 6.92 Å².